The van der Waals surface area contributed by atoms with E-state index in [0.717, 1.165) is 11.3 Å². The number of rotatable bonds is 5. The van der Waals surface area contributed by atoms with Gasteiger partial charge in [0.1, 0.15) is 5.75 Å². The number of aryl methyl sites for hydroxylation is 1. The molecule has 144 valence electrons. The van der Waals surface area contributed by atoms with E-state index in [1.807, 2.05) is 50.2 Å². The number of para-hydroxylation sites is 2. The molecular formula is C21H21N3O4. The molecule has 7 nitrogen and oxygen atoms in total. The lowest BCUT2D eigenvalue weighted by Gasteiger charge is -2.14. The normalized spacial score (nSPS) is 12.3. The number of fused-ring (bicyclic) bond motifs is 1. The predicted molar refractivity (Wildman–Crippen MR) is 105 cm³/mol. The van der Waals surface area contributed by atoms with Crippen molar-refractivity contribution < 1.29 is 19.0 Å². The first-order valence-electron chi connectivity index (χ1n) is 9.02. The molecule has 3 aromatic rings. The van der Waals surface area contributed by atoms with Crippen molar-refractivity contribution in [3.8, 4) is 28.5 Å². The van der Waals surface area contributed by atoms with Crippen molar-refractivity contribution in [3.05, 3.63) is 54.2 Å². The van der Waals surface area contributed by atoms with Crippen LogP contribution in [-0.4, -0.2) is 28.6 Å². The van der Waals surface area contributed by atoms with Gasteiger partial charge in [-0.05, 0) is 50.2 Å². The fraction of sp³-hybridized carbons (Fsp3) is 0.238. The summed E-state index contributed by atoms with van der Waals surface area (Å²) in [6, 6.07) is 14.7. The second-order valence-electron chi connectivity index (χ2n) is 6.72. The van der Waals surface area contributed by atoms with E-state index in [4.69, 9.17) is 14.2 Å². The Morgan fingerprint density at radius 2 is 1.93 bits per heavy atom. The molecule has 1 N–H and O–H groups in total. The van der Waals surface area contributed by atoms with Crippen LogP contribution < -0.4 is 19.5 Å². The van der Waals surface area contributed by atoms with Crippen molar-refractivity contribution in [3.63, 3.8) is 0 Å². The summed E-state index contributed by atoms with van der Waals surface area (Å²) in [5.41, 5.74) is 2.61. The summed E-state index contributed by atoms with van der Waals surface area (Å²) in [5.74, 6) is 1.72. The molecule has 2 heterocycles. The van der Waals surface area contributed by atoms with Crippen molar-refractivity contribution >= 4 is 11.6 Å². The molecule has 1 aromatic heterocycles. The highest BCUT2D eigenvalue weighted by Gasteiger charge is 2.19. The maximum atomic E-state index is 12.7. The molecule has 0 fully saturated rings. The number of aromatic nitrogens is 2. The minimum atomic E-state index is -0.303. The van der Waals surface area contributed by atoms with E-state index in [1.165, 1.54) is 0 Å². The van der Waals surface area contributed by atoms with Crippen LogP contribution in [0.3, 0.4) is 0 Å². The van der Waals surface area contributed by atoms with Gasteiger partial charge in [0.05, 0.1) is 17.5 Å². The zero-order valence-electron chi connectivity index (χ0n) is 15.9. The fourth-order valence-corrected chi connectivity index (χ4v) is 3.02. The molecule has 0 saturated heterocycles. The summed E-state index contributed by atoms with van der Waals surface area (Å²) < 4.78 is 18.2. The van der Waals surface area contributed by atoms with Gasteiger partial charge >= 0.3 is 0 Å². The van der Waals surface area contributed by atoms with Gasteiger partial charge in [0, 0.05) is 12.6 Å². The Labute approximate surface area is 162 Å². The maximum Gasteiger partial charge on any atom is 0.276 e. The highest BCUT2D eigenvalue weighted by molar-refractivity contribution is 6.04. The average molecular weight is 379 g/mol. The van der Waals surface area contributed by atoms with E-state index in [0.29, 0.717) is 28.6 Å². The molecule has 1 amide bonds. The summed E-state index contributed by atoms with van der Waals surface area (Å²) >= 11 is 0. The molecule has 2 aromatic carbocycles. The number of carbonyl (C=O) groups is 1. The second-order valence-corrected chi connectivity index (χ2v) is 6.72. The number of benzene rings is 2. The zero-order valence-corrected chi connectivity index (χ0v) is 15.9. The minimum absolute atomic E-state index is 0.00510. The molecule has 0 atom stereocenters. The van der Waals surface area contributed by atoms with Gasteiger partial charge in [-0.3, -0.25) is 9.48 Å². The van der Waals surface area contributed by atoms with Gasteiger partial charge in [0.2, 0.25) is 6.79 Å². The smallest absolute Gasteiger partial charge is 0.276 e. The summed E-state index contributed by atoms with van der Waals surface area (Å²) in [6.07, 6.45) is 0.00510. The van der Waals surface area contributed by atoms with E-state index in [-0.39, 0.29) is 18.8 Å². The third-order valence-electron chi connectivity index (χ3n) is 4.28. The lowest BCUT2D eigenvalue weighted by atomic mass is 10.1. The van der Waals surface area contributed by atoms with Gasteiger partial charge in [-0.2, -0.15) is 5.10 Å². The van der Waals surface area contributed by atoms with Gasteiger partial charge in [-0.1, -0.05) is 12.1 Å². The Balaban J connectivity index is 1.58. The molecule has 1 aliphatic heterocycles. The van der Waals surface area contributed by atoms with Crippen LogP contribution in [0.4, 0.5) is 5.69 Å². The minimum Gasteiger partial charge on any atom is -0.489 e. The Hall–Kier alpha value is -3.48. The van der Waals surface area contributed by atoms with Gasteiger partial charge in [0.25, 0.3) is 5.91 Å². The largest absolute Gasteiger partial charge is 0.489 e. The number of amides is 1. The lowest BCUT2D eigenvalue weighted by Crippen LogP contribution is -2.15. The standard InChI is InChI=1S/C21H21N3O4/c1-13(2)28-18-7-5-4-6-15(18)22-21(25)16-11-17(24(3)23-16)14-8-9-19-20(10-14)27-12-26-19/h4-11,13H,12H2,1-3H3,(H,22,25). The number of nitrogens with zero attached hydrogens (tertiary/aromatic N) is 2. The molecule has 0 aliphatic carbocycles. The van der Waals surface area contributed by atoms with Crippen LogP contribution >= 0.6 is 0 Å². The molecule has 0 unspecified atom stereocenters. The zero-order chi connectivity index (χ0) is 19.7. The third-order valence-corrected chi connectivity index (χ3v) is 4.28. The Kier molecular flexibility index (Phi) is 4.65. The maximum absolute atomic E-state index is 12.7. The quantitative estimate of drug-likeness (QED) is 0.729. The van der Waals surface area contributed by atoms with E-state index in [9.17, 15) is 4.79 Å². The second kappa shape index (κ2) is 7.26. The van der Waals surface area contributed by atoms with Crippen LogP contribution in [0, 0.1) is 0 Å². The van der Waals surface area contributed by atoms with Crippen LogP contribution in [-0.2, 0) is 7.05 Å². The molecule has 0 spiro atoms. The van der Waals surface area contributed by atoms with Crippen molar-refractivity contribution in [2.45, 2.75) is 20.0 Å². The van der Waals surface area contributed by atoms with Crippen molar-refractivity contribution in [1.82, 2.24) is 9.78 Å². The Bertz CT molecular complexity index is 1030. The Morgan fingerprint density at radius 3 is 2.75 bits per heavy atom. The summed E-state index contributed by atoms with van der Waals surface area (Å²) in [7, 11) is 1.80. The van der Waals surface area contributed by atoms with Crippen molar-refractivity contribution in [2.75, 3.05) is 12.1 Å². The first-order valence-corrected chi connectivity index (χ1v) is 9.02. The molecular weight excluding hydrogens is 358 g/mol. The monoisotopic (exact) mass is 379 g/mol. The predicted octanol–water partition coefficient (Wildman–Crippen LogP) is 3.86. The highest BCUT2D eigenvalue weighted by atomic mass is 16.7. The summed E-state index contributed by atoms with van der Waals surface area (Å²) in [6.45, 7) is 4.10. The van der Waals surface area contributed by atoms with E-state index < -0.39 is 0 Å². The lowest BCUT2D eigenvalue weighted by molar-refractivity contribution is 0.102. The van der Waals surface area contributed by atoms with Crippen LogP contribution in [0.25, 0.3) is 11.3 Å². The number of hydrogen-bond acceptors (Lipinski definition) is 5. The van der Waals surface area contributed by atoms with Crippen LogP contribution in [0.2, 0.25) is 0 Å². The van der Waals surface area contributed by atoms with E-state index in [2.05, 4.69) is 10.4 Å². The first kappa shape index (κ1) is 17.9. The molecule has 0 bridgehead atoms. The number of hydrogen-bond donors (Lipinski definition) is 1. The van der Waals surface area contributed by atoms with Crippen LogP contribution in [0.15, 0.2) is 48.5 Å². The SMILES string of the molecule is CC(C)Oc1ccccc1NC(=O)c1cc(-c2ccc3c(c2)OCO3)n(C)n1. The number of anilines is 1. The molecule has 0 saturated carbocycles. The Morgan fingerprint density at radius 1 is 1.14 bits per heavy atom. The van der Waals surface area contributed by atoms with Crippen molar-refractivity contribution in [1.29, 1.82) is 0 Å². The highest BCUT2D eigenvalue weighted by Crippen LogP contribution is 2.36. The van der Waals surface area contributed by atoms with E-state index >= 15 is 0 Å². The van der Waals surface area contributed by atoms with E-state index in [1.54, 1.807) is 23.9 Å². The van der Waals surface area contributed by atoms with Crippen LogP contribution in [0.5, 0.6) is 17.2 Å². The molecule has 0 radical (unpaired) electrons. The fourth-order valence-electron chi connectivity index (χ4n) is 3.02. The number of nitrogens with one attached hydrogen (secondary N) is 1. The van der Waals surface area contributed by atoms with Gasteiger partial charge in [-0.15, -0.1) is 0 Å². The molecule has 1 aliphatic rings. The van der Waals surface area contributed by atoms with Gasteiger partial charge in [0.15, 0.2) is 17.2 Å². The molecule has 4 rings (SSSR count). The summed E-state index contributed by atoms with van der Waals surface area (Å²) in [5, 5.41) is 7.24. The number of ether oxygens (including phenoxy) is 3. The summed E-state index contributed by atoms with van der Waals surface area (Å²) in [4.78, 5) is 12.7. The first-order chi connectivity index (χ1) is 13.5. The van der Waals surface area contributed by atoms with Gasteiger partial charge < -0.3 is 19.5 Å². The van der Waals surface area contributed by atoms with Crippen molar-refractivity contribution in [2.24, 2.45) is 7.05 Å². The average Bonchev–Trinajstić information content (AvgIpc) is 3.28. The number of carbonyl (C=O) groups excluding carboxylic acids is 1. The topological polar surface area (TPSA) is 74.6 Å². The van der Waals surface area contributed by atoms with Gasteiger partial charge in [-0.25, -0.2) is 0 Å². The van der Waals surface area contributed by atoms with Crippen LogP contribution in [0.1, 0.15) is 24.3 Å². The molecule has 7 heteroatoms. The third kappa shape index (κ3) is 3.51. The molecule has 28 heavy (non-hydrogen) atoms.